The van der Waals surface area contributed by atoms with Crippen molar-refractivity contribution in [1.82, 2.24) is 15.0 Å². The molecule has 3 heterocycles. The Morgan fingerprint density at radius 3 is 3.10 bits per heavy atom. The number of hydrogen-bond donors (Lipinski definition) is 1. The van der Waals surface area contributed by atoms with E-state index in [2.05, 4.69) is 27.2 Å². The second-order valence-corrected chi connectivity index (χ2v) is 5.48. The number of aromatic amines is 1. The van der Waals surface area contributed by atoms with Gasteiger partial charge >= 0.3 is 0 Å². The van der Waals surface area contributed by atoms with E-state index in [0.717, 1.165) is 33.2 Å². The van der Waals surface area contributed by atoms with E-state index in [1.54, 1.807) is 17.5 Å². The largest absolute Gasteiger partial charge is 0.360 e. The maximum absolute atomic E-state index is 4.72. The van der Waals surface area contributed by atoms with Crippen LogP contribution < -0.4 is 0 Å². The van der Waals surface area contributed by atoms with Crippen LogP contribution in [0.1, 0.15) is 11.3 Å². The fraction of sp³-hybridized carbons (Fsp3) is 0. The Morgan fingerprint density at radius 1 is 1.19 bits per heavy atom. The van der Waals surface area contributed by atoms with Crippen molar-refractivity contribution in [1.29, 1.82) is 0 Å². The lowest BCUT2D eigenvalue weighted by Crippen LogP contribution is -1.83. The van der Waals surface area contributed by atoms with Crippen LogP contribution in [0.3, 0.4) is 0 Å². The van der Waals surface area contributed by atoms with Gasteiger partial charge in [-0.1, -0.05) is 18.2 Å². The summed E-state index contributed by atoms with van der Waals surface area (Å²) in [7, 11) is 0. The molecule has 0 saturated heterocycles. The Kier molecular flexibility index (Phi) is 2.89. The molecule has 0 saturated carbocycles. The first kappa shape index (κ1) is 12.1. The lowest BCUT2D eigenvalue weighted by atomic mass is 10.1. The minimum absolute atomic E-state index is 0.910. The molecule has 4 rings (SSSR count). The van der Waals surface area contributed by atoms with E-state index in [9.17, 15) is 0 Å². The third-order valence-electron chi connectivity index (χ3n) is 3.30. The van der Waals surface area contributed by atoms with Gasteiger partial charge in [0.15, 0.2) is 0 Å². The number of allylic oxidation sites excluding steroid dienone is 2. The summed E-state index contributed by atoms with van der Waals surface area (Å²) >= 11 is 1.61. The van der Waals surface area contributed by atoms with Gasteiger partial charge in [0, 0.05) is 35.0 Å². The standard InChI is InChI=1S/C17H11N3S/c1-2-6-12-13(10-19-14(12)7-3-1)16-11-21-17(20-16)15-8-4-5-9-18-15/h1-2,4-11,19H. The number of nitrogens with zero attached hydrogens (tertiary/aromatic N) is 2. The molecule has 0 unspecified atom stereocenters. The summed E-state index contributed by atoms with van der Waals surface area (Å²) in [5, 5.41) is 3.01. The van der Waals surface area contributed by atoms with E-state index in [1.807, 2.05) is 42.6 Å². The number of fused-ring (bicyclic) bond motifs is 1. The van der Waals surface area contributed by atoms with Crippen LogP contribution in [0.15, 0.2) is 53.9 Å². The predicted molar refractivity (Wildman–Crippen MR) is 86.7 cm³/mol. The van der Waals surface area contributed by atoms with E-state index >= 15 is 0 Å². The van der Waals surface area contributed by atoms with Crippen LogP contribution in [0, 0.1) is 0 Å². The summed E-state index contributed by atoms with van der Waals surface area (Å²) in [5.41, 5.74) is 8.29. The monoisotopic (exact) mass is 289 g/mol. The summed E-state index contributed by atoms with van der Waals surface area (Å²) in [4.78, 5) is 12.3. The molecule has 3 aromatic heterocycles. The minimum atomic E-state index is 0.910. The van der Waals surface area contributed by atoms with Crippen molar-refractivity contribution in [3.05, 3.63) is 65.1 Å². The molecule has 3 aromatic rings. The van der Waals surface area contributed by atoms with Crippen LogP contribution in [-0.4, -0.2) is 15.0 Å². The van der Waals surface area contributed by atoms with Gasteiger partial charge in [0.1, 0.15) is 5.01 Å². The molecule has 0 bridgehead atoms. The topological polar surface area (TPSA) is 41.6 Å². The molecule has 0 amide bonds. The lowest BCUT2D eigenvalue weighted by Gasteiger charge is -1.96. The first-order valence-electron chi connectivity index (χ1n) is 6.59. The van der Waals surface area contributed by atoms with Gasteiger partial charge < -0.3 is 4.98 Å². The molecule has 0 aromatic carbocycles. The van der Waals surface area contributed by atoms with Crippen LogP contribution in [0.25, 0.3) is 34.1 Å². The van der Waals surface area contributed by atoms with E-state index in [-0.39, 0.29) is 0 Å². The smallest absolute Gasteiger partial charge is 0.142 e. The summed E-state index contributed by atoms with van der Waals surface area (Å²) in [5.74, 6) is 0. The second-order valence-electron chi connectivity index (χ2n) is 4.62. The molecule has 1 aliphatic rings. The molecule has 0 atom stereocenters. The van der Waals surface area contributed by atoms with Crippen LogP contribution >= 0.6 is 11.3 Å². The number of H-pyrrole nitrogens is 1. The molecular weight excluding hydrogens is 278 g/mol. The Morgan fingerprint density at radius 2 is 2.19 bits per heavy atom. The zero-order valence-electron chi connectivity index (χ0n) is 11.1. The van der Waals surface area contributed by atoms with Crippen molar-refractivity contribution in [2.45, 2.75) is 0 Å². The second kappa shape index (κ2) is 5.02. The molecule has 100 valence electrons. The SMILES string of the molecule is C1=CC=Cc2c(-c3csc(-c4ccccn4)n3)c[nH]c2C=1. The highest BCUT2D eigenvalue weighted by atomic mass is 32.1. The predicted octanol–water partition coefficient (Wildman–Crippen LogP) is 4.40. The Bertz CT molecular complexity index is 878. The summed E-state index contributed by atoms with van der Waals surface area (Å²) in [6.45, 7) is 0. The Hall–Kier alpha value is -2.68. The highest BCUT2D eigenvalue weighted by Crippen LogP contribution is 2.32. The Labute approximate surface area is 126 Å². The number of nitrogens with one attached hydrogen (secondary N) is 1. The van der Waals surface area contributed by atoms with Gasteiger partial charge in [0.2, 0.25) is 0 Å². The maximum atomic E-state index is 4.72. The zero-order valence-corrected chi connectivity index (χ0v) is 11.9. The third kappa shape index (κ3) is 2.17. The van der Waals surface area contributed by atoms with E-state index < -0.39 is 0 Å². The van der Waals surface area contributed by atoms with Crippen molar-refractivity contribution < 1.29 is 0 Å². The first-order chi connectivity index (χ1) is 10.4. The molecule has 0 fully saturated rings. The average Bonchev–Trinajstić information content (AvgIpc) is 3.10. The molecule has 0 radical (unpaired) electrons. The number of aromatic nitrogens is 3. The number of rotatable bonds is 2. The molecular formula is C17H11N3S. The number of pyridine rings is 1. The average molecular weight is 289 g/mol. The Balaban J connectivity index is 1.78. The molecule has 3 nitrogen and oxygen atoms in total. The van der Waals surface area contributed by atoms with Crippen LogP contribution in [0.2, 0.25) is 0 Å². The minimum Gasteiger partial charge on any atom is -0.360 e. The molecule has 0 spiro atoms. The quantitative estimate of drug-likeness (QED) is 0.711. The van der Waals surface area contributed by atoms with Gasteiger partial charge in [-0.2, -0.15) is 0 Å². The van der Waals surface area contributed by atoms with Crippen molar-refractivity contribution in [3.63, 3.8) is 0 Å². The molecule has 21 heavy (non-hydrogen) atoms. The fourth-order valence-electron chi connectivity index (χ4n) is 2.30. The van der Waals surface area contributed by atoms with Crippen LogP contribution in [0.4, 0.5) is 0 Å². The van der Waals surface area contributed by atoms with Gasteiger partial charge in [-0.05, 0) is 18.2 Å². The molecule has 0 aliphatic heterocycles. The maximum Gasteiger partial charge on any atom is 0.142 e. The van der Waals surface area contributed by atoms with Crippen molar-refractivity contribution in [3.8, 4) is 22.0 Å². The number of thiazole rings is 1. The highest BCUT2D eigenvalue weighted by Gasteiger charge is 2.13. The molecule has 1 N–H and O–H groups in total. The number of hydrogen-bond acceptors (Lipinski definition) is 3. The van der Waals surface area contributed by atoms with Crippen LogP contribution in [-0.2, 0) is 0 Å². The lowest BCUT2D eigenvalue weighted by molar-refractivity contribution is 1.29. The normalized spacial score (nSPS) is 12.4. The fourth-order valence-corrected chi connectivity index (χ4v) is 3.09. The molecule has 4 heteroatoms. The van der Waals surface area contributed by atoms with Gasteiger partial charge in [0.05, 0.1) is 17.1 Å². The zero-order chi connectivity index (χ0) is 14.1. The summed E-state index contributed by atoms with van der Waals surface area (Å²) < 4.78 is 0. The van der Waals surface area contributed by atoms with Crippen LogP contribution in [0.5, 0.6) is 0 Å². The van der Waals surface area contributed by atoms with Gasteiger partial charge in [0.25, 0.3) is 0 Å². The first-order valence-corrected chi connectivity index (χ1v) is 7.47. The van der Waals surface area contributed by atoms with Crippen molar-refractivity contribution in [2.75, 3.05) is 0 Å². The summed E-state index contributed by atoms with van der Waals surface area (Å²) in [6, 6.07) is 5.87. The van der Waals surface area contributed by atoms with Gasteiger partial charge in [-0.25, -0.2) is 4.98 Å². The van der Waals surface area contributed by atoms with Gasteiger partial charge in [-0.15, -0.1) is 17.1 Å². The van der Waals surface area contributed by atoms with E-state index in [0.29, 0.717) is 0 Å². The highest BCUT2D eigenvalue weighted by molar-refractivity contribution is 7.13. The molecule has 1 aliphatic carbocycles. The van der Waals surface area contributed by atoms with Crippen molar-refractivity contribution in [2.24, 2.45) is 0 Å². The van der Waals surface area contributed by atoms with Gasteiger partial charge in [-0.3, -0.25) is 4.98 Å². The van der Waals surface area contributed by atoms with E-state index in [1.165, 1.54) is 0 Å². The third-order valence-corrected chi connectivity index (χ3v) is 4.16. The summed E-state index contributed by atoms with van der Waals surface area (Å²) in [6.07, 6.45) is 11.7. The van der Waals surface area contributed by atoms with Crippen molar-refractivity contribution >= 4 is 23.5 Å². The van der Waals surface area contributed by atoms with E-state index in [4.69, 9.17) is 4.98 Å².